The van der Waals surface area contributed by atoms with Gasteiger partial charge in [-0.1, -0.05) is 64.9 Å². The summed E-state index contributed by atoms with van der Waals surface area (Å²) in [6.45, 7) is 1.81. The average Bonchev–Trinajstić information content (AvgIpc) is 3.62. The van der Waals surface area contributed by atoms with E-state index in [-0.39, 0.29) is 0 Å². The Balaban J connectivity index is 1.14. The summed E-state index contributed by atoms with van der Waals surface area (Å²) in [5.41, 5.74) is 3.62. The van der Waals surface area contributed by atoms with E-state index < -0.39 is 0 Å². The predicted molar refractivity (Wildman–Crippen MR) is 161 cm³/mol. The lowest BCUT2D eigenvalue weighted by atomic mass is 10.0. The SMILES string of the molecule is Cc1noc(-c2cc3nccc(Sc4ccc(Nc5nnc(-c6ccc(Cl)cc6)c6ccccc56)cc4)c3s2)n1. The van der Waals surface area contributed by atoms with Gasteiger partial charge in [-0.3, -0.25) is 4.98 Å². The van der Waals surface area contributed by atoms with E-state index in [1.807, 2.05) is 73.8 Å². The number of halogens is 1. The molecular formula is C30H19ClN6OS2. The molecule has 7 aromatic rings. The van der Waals surface area contributed by atoms with Gasteiger partial charge in [-0.25, -0.2) is 0 Å². The Morgan fingerprint density at radius 3 is 2.48 bits per heavy atom. The van der Waals surface area contributed by atoms with Crippen LogP contribution in [0.2, 0.25) is 5.02 Å². The Hall–Kier alpha value is -4.31. The highest BCUT2D eigenvalue weighted by molar-refractivity contribution is 7.99. The maximum atomic E-state index is 6.08. The number of anilines is 2. The van der Waals surface area contributed by atoms with E-state index >= 15 is 0 Å². The fraction of sp³-hybridized carbons (Fsp3) is 0.0333. The van der Waals surface area contributed by atoms with Crippen molar-refractivity contribution < 1.29 is 4.52 Å². The summed E-state index contributed by atoms with van der Waals surface area (Å²) < 4.78 is 6.44. The number of rotatable bonds is 6. The van der Waals surface area contributed by atoms with E-state index in [4.69, 9.17) is 16.1 Å². The first kappa shape index (κ1) is 24.7. The summed E-state index contributed by atoms with van der Waals surface area (Å²) in [5.74, 6) is 1.83. The van der Waals surface area contributed by atoms with Crippen molar-refractivity contribution >= 4 is 67.2 Å². The van der Waals surface area contributed by atoms with E-state index in [2.05, 4.69) is 54.9 Å². The van der Waals surface area contributed by atoms with Gasteiger partial charge in [0.2, 0.25) is 0 Å². The fourth-order valence-electron chi connectivity index (χ4n) is 4.38. The summed E-state index contributed by atoms with van der Waals surface area (Å²) in [6.07, 6.45) is 1.83. The molecule has 4 aromatic heterocycles. The topological polar surface area (TPSA) is 89.6 Å². The van der Waals surface area contributed by atoms with Crippen LogP contribution in [0, 0.1) is 6.92 Å². The summed E-state index contributed by atoms with van der Waals surface area (Å²) in [6, 6.07) is 28.1. The van der Waals surface area contributed by atoms with Gasteiger partial charge in [0.25, 0.3) is 5.89 Å². The molecule has 7 nitrogen and oxygen atoms in total. The molecule has 0 amide bonds. The minimum atomic E-state index is 0.517. The zero-order valence-electron chi connectivity index (χ0n) is 21.0. The number of aryl methyl sites for hydroxylation is 1. The maximum absolute atomic E-state index is 6.08. The van der Waals surface area contributed by atoms with Crippen molar-refractivity contribution in [3.8, 4) is 22.0 Å². The number of fused-ring (bicyclic) bond motifs is 2. The number of benzene rings is 3. The molecule has 10 heteroatoms. The minimum absolute atomic E-state index is 0.517. The van der Waals surface area contributed by atoms with Crippen molar-refractivity contribution in [3.05, 3.63) is 102 Å². The van der Waals surface area contributed by atoms with Gasteiger partial charge in [-0.05, 0) is 55.5 Å². The Bertz CT molecular complexity index is 1990. The highest BCUT2D eigenvalue weighted by Crippen LogP contribution is 2.40. The highest BCUT2D eigenvalue weighted by Gasteiger charge is 2.15. The van der Waals surface area contributed by atoms with Crippen LogP contribution in [0.3, 0.4) is 0 Å². The Labute approximate surface area is 242 Å². The number of thiophene rings is 1. The molecule has 0 saturated heterocycles. The van der Waals surface area contributed by atoms with Crippen LogP contribution in [-0.2, 0) is 0 Å². The van der Waals surface area contributed by atoms with Gasteiger partial charge in [0.05, 0.1) is 15.1 Å². The standard InChI is InChI=1S/C30H19ClN6OS2/c1-17-33-30(38-37-17)26-16-24-28(40-26)25(14-15-32-24)39-21-12-10-20(11-13-21)34-29-23-5-3-2-4-22(23)27(35-36-29)18-6-8-19(31)9-7-18/h2-16H,1H3,(H,34,36). The third kappa shape index (κ3) is 4.79. The van der Waals surface area contributed by atoms with Crippen molar-refractivity contribution in [2.75, 3.05) is 5.32 Å². The molecule has 0 aliphatic carbocycles. The lowest BCUT2D eigenvalue weighted by molar-refractivity contribution is 0.426. The van der Waals surface area contributed by atoms with Crippen LogP contribution in [0.15, 0.2) is 105 Å². The molecular weight excluding hydrogens is 560 g/mol. The van der Waals surface area contributed by atoms with Crippen molar-refractivity contribution in [3.63, 3.8) is 0 Å². The second kappa shape index (κ2) is 10.3. The zero-order chi connectivity index (χ0) is 27.1. The predicted octanol–water partition coefficient (Wildman–Crippen LogP) is 8.81. The molecule has 0 aliphatic heterocycles. The van der Waals surface area contributed by atoms with Gasteiger partial charge < -0.3 is 9.84 Å². The van der Waals surface area contributed by atoms with E-state index in [0.717, 1.165) is 52.6 Å². The van der Waals surface area contributed by atoms with Crippen LogP contribution < -0.4 is 5.32 Å². The Kier molecular flexibility index (Phi) is 6.39. The smallest absolute Gasteiger partial charge is 0.268 e. The molecule has 0 saturated carbocycles. The molecule has 0 spiro atoms. The van der Waals surface area contributed by atoms with Crippen LogP contribution in [0.1, 0.15) is 5.82 Å². The minimum Gasteiger partial charge on any atom is -0.338 e. The number of nitrogens with zero attached hydrogens (tertiary/aromatic N) is 5. The van der Waals surface area contributed by atoms with Crippen molar-refractivity contribution in [2.24, 2.45) is 0 Å². The van der Waals surface area contributed by atoms with Crippen LogP contribution in [-0.4, -0.2) is 25.3 Å². The van der Waals surface area contributed by atoms with E-state index in [0.29, 0.717) is 22.6 Å². The molecule has 0 fully saturated rings. The average molecular weight is 579 g/mol. The van der Waals surface area contributed by atoms with Gasteiger partial charge >= 0.3 is 0 Å². The summed E-state index contributed by atoms with van der Waals surface area (Å²) in [7, 11) is 0. The monoisotopic (exact) mass is 578 g/mol. The molecule has 40 heavy (non-hydrogen) atoms. The first-order chi connectivity index (χ1) is 19.6. The second-order valence-corrected chi connectivity index (χ2v) is 11.6. The van der Waals surface area contributed by atoms with Crippen molar-refractivity contribution in [1.82, 2.24) is 25.3 Å². The first-order valence-electron chi connectivity index (χ1n) is 12.4. The maximum Gasteiger partial charge on any atom is 0.268 e. The third-order valence-corrected chi connectivity index (χ3v) is 8.86. The number of hydrogen-bond acceptors (Lipinski definition) is 9. The Morgan fingerprint density at radius 2 is 1.70 bits per heavy atom. The summed E-state index contributed by atoms with van der Waals surface area (Å²) in [4.78, 5) is 12.0. The molecule has 0 atom stereocenters. The quantitative estimate of drug-likeness (QED) is 0.209. The summed E-state index contributed by atoms with van der Waals surface area (Å²) in [5, 5.41) is 19.1. The zero-order valence-corrected chi connectivity index (χ0v) is 23.4. The van der Waals surface area contributed by atoms with Gasteiger partial charge in [0.15, 0.2) is 11.6 Å². The van der Waals surface area contributed by atoms with Crippen LogP contribution >= 0.6 is 34.7 Å². The van der Waals surface area contributed by atoms with Crippen LogP contribution in [0.5, 0.6) is 0 Å². The van der Waals surface area contributed by atoms with Crippen molar-refractivity contribution in [2.45, 2.75) is 16.7 Å². The van der Waals surface area contributed by atoms with E-state index in [1.54, 1.807) is 23.1 Å². The Morgan fingerprint density at radius 1 is 0.900 bits per heavy atom. The van der Waals surface area contributed by atoms with Gasteiger partial charge in [0, 0.05) is 43.0 Å². The highest BCUT2D eigenvalue weighted by atomic mass is 35.5. The van der Waals surface area contributed by atoms with Crippen molar-refractivity contribution in [1.29, 1.82) is 0 Å². The normalized spacial score (nSPS) is 11.3. The number of aromatic nitrogens is 5. The van der Waals surface area contributed by atoms with Crippen LogP contribution in [0.4, 0.5) is 11.5 Å². The number of pyridine rings is 1. The largest absolute Gasteiger partial charge is 0.338 e. The van der Waals surface area contributed by atoms with Gasteiger partial charge in [-0.15, -0.1) is 21.5 Å². The summed E-state index contributed by atoms with van der Waals surface area (Å²) >= 11 is 9.37. The number of hydrogen-bond donors (Lipinski definition) is 1. The first-order valence-corrected chi connectivity index (χ1v) is 14.4. The lowest BCUT2D eigenvalue weighted by Crippen LogP contribution is -1.99. The van der Waals surface area contributed by atoms with E-state index in [9.17, 15) is 0 Å². The molecule has 0 aliphatic rings. The van der Waals surface area contributed by atoms with E-state index in [1.165, 1.54) is 0 Å². The molecule has 3 aromatic carbocycles. The number of nitrogens with one attached hydrogen (secondary N) is 1. The molecule has 0 bridgehead atoms. The van der Waals surface area contributed by atoms with Crippen LogP contribution in [0.25, 0.3) is 43.0 Å². The fourth-order valence-corrected chi connectivity index (χ4v) is 6.56. The van der Waals surface area contributed by atoms with Gasteiger partial charge in [-0.2, -0.15) is 4.98 Å². The third-order valence-electron chi connectivity index (χ3n) is 6.26. The molecule has 4 heterocycles. The molecule has 0 unspecified atom stereocenters. The molecule has 7 rings (SSSR count). The second-order valence-electron chi connectivity index (χ2n) is 8.98. The molecule has 0 radical (unpaired) electrons. The molecule has 1 N–H and O–H groups in total. The lowest BCUT2D eigenvalue weighted by Gasteiger charge is -2.12. The van der Waals surface area contributed by atoms with Gasteiger partial charge in [0.1, 0.15) is 5.69 Å². The molecule has 194 valence electrons.